The Balaban J connectivity index is 1.64. The summed E-state index contributed by atoms with van der Waals surface area (Å²) in [6, 6.07) is 6.73. The third kappa shape index (κ3) is 4.21. The van der Waals surface area contributed by atoms with E-state index < -0.39 is 20.2 Å². The molecule has 2 aromatic rings. The highest BCUT2D eigenvalue weighted by atomic mass is 28.3. The van der Waals surface area contributed by atoms with Gasteiger partial charge in [0.25, 0.3) is 0 Å². The highest BCUT2D eigenvalue weighted by Crippen LogP contribution is 2.34. The maximum atomic E-state index is 13.0. The van der Waals surface area contributed by atoms with Crippen molar-refractivity contribution in [1.29, 1.82) is 0 Å². The van der Waals surface area contributed by atoms with Gasteiger partial charge in [0.05, 0.1) is 5.92 Å². The second kappa shape index (κ2) is 6.64. The molecule has 1 aliphatic rings. The predicted molar refractivity (Wildman–Crippen MR) is 95.5 cm³/mol. The van der Waals surface area contributed by atoms with Crippen LogP contribution in [0, 0.1) is 5.92 Å². The molecule has 0 spiro atoms. The lowest BCUT2D eigenvalue weighted by molar-refractivity contribution is -0.117. The van der Waals surface area contributed by atoms with Gasteiger partial charge in [0, 0.05) is 26.3 Å². The zero-order valence-electron chi connectivity index (χ0n) is 14.4. The minimum atomic E-state index is -1.10. The molecule has 2 heterocycles. The van der Waals surface area contributed by atoms with Crippen LogP contribution in [0.4, 0.5) is 10.2 Å². The van der Waals surface area contributed by atoms with E-state index in [-0.39, 0.29) is 5.91 Å². The van der Waals surface area contributed by atoms with Crippen molar-refractivity contribution in [3.8, 4) is 0 Å². The number of hydrogen-bond donors (Lipinski definition) is 1. The number of alkyl halides is 1. The summed E-state index contributed by atoms with van der Waals surface area (Å²) in [7, 11) is -1.10. The molecule has 1 amide bonds. The van der Waals surface area contributed by atoms with E-state index in [0.29, 0.717) is 19.0 Å². The van der Waals surface area contributed by atoms with Gasteiger partial charge in [-0.3, -0.25) is 4.79 Å². The summed E-state index contributed by atoms with van der Waals surface area (Å²) in [6.45, 7) is 8.14. The van der Waals surface area contributed by atoms with Crippen molar-refractivity contribution in [3.05, 3.63) is 24.4 Å². The van der Waals surface area contributed by atoms with Crippen molar-refractivity contribution in [2.45, 2.75) is 45.0 Å². The number of nitrogens with one attached hydrogen (secondary N) is 1. The zero-order valence-corrected chi connectivity index (χ0v) is 15.4. The lowest BCUT2D eigenvalue weighted by Crippen LogP contribution is -2.22. The molecule has 2 aromatic heterocycles. The third-order valence-electron chi connectivity index (χ3n) is 4.14. The number of hydrogen-bond acceptors (Lipinski definition) is 3. The van der Waals surface area contributed by atoms with Crippen LogP contribution in [0.1, 0.15) is 6.42 Å². The molecule has 3 rings (SSSR count). The normalized spacial score (nSPS) is 20.3. The van der Waals surface area contributed by atoms with Gasteiger partial charge in [-0.05, 0) is 30.7 Å². The van der Waals surface area contributed by atoms with Gasteiger partial charge in [0.15, 0.2) is 0 Å². The van der Waals surface area contributed by atoms with Crippen molar-refractivity contribution in [3.63, 3.8) is 0 Å². The maximum absolute atomic E-state index is 13.0. The summed E-state index contributed by atoms with van der Waals surface area (Å²) in [5.41, 5.74) is 0.758. The van der Waals surface area contributed by atoms with Crippen LogP contribution in [0.15, 0.2) is 24.4 Å². The van der Waals surface area contributed by atoms with Crippen LogP contribution < -0.4 is 5.32 Å². The number of aromatic nitrogens is 2. The molecule has 0 aliphatic heterocycles. The summed E-state index contributed by atoms with van der Waals surface area (Å²) in [5.74, 6) is -0.355. The van der Waals surface area contributed by atoms with Crippen LogP contribution in [-0.2, 0) is 16.3 Å². The molecule has 1 N–H and O–H groups in total. The van der Waals surface area contributed by atoms with E-state index in [2.05, 4.69) is 29.9 Å². The van der Waals surface area contributed by atoms with E-state index in [1.165, 1.54) is 0 Å². The van der Waals surface area contributed by atoms with Crippen molar-refractivity contribution in [1.82, 2.24) is 9.55 Å². The Bertz CT molecular complexity index is 741. The van der Waals surface area contributed by atoms with Crippen LogP contribution >= 0.6 is 0 Å². The van der Waals surface area contributed by atoms with Crippen molar-refractivity contribution >= 4 is 30.8 Å². The smallest absolute Gasteiger partial charge is 0.231 e. The Morgan fingerprint density at radius 2 is 2.17 bits per heavy atom. The molecular weight excluding hydrogens is 325 g/mol. The Morgan fingerprint density at radius 1 is 1.42 bits per heavy atom. The minimum Gasteiger partial charge on any atom is -0.361 e. The average molecular weight is 349 g/mol. The van der Waals surface area contributed by atoms with Gasteiger partial charge < -0.3 is 14.6 Å². The second-order valence-corrected chi connectivity index (χ2v) is 13.2. The number of fused-ring (bicyclic) bond motifs is 1. The summed E-state index contributed by atoms with van der Waals surface area (Å²) in [6.07, 6.45) is 1.24. The first kappa shape index (κ1) is 17.1. The molecule has 0 radical (unpaired) electrons. The molecule has 2 atom stereocenters. The standard InChI is InChI=1S/C17H24FN3O2Si/c1-24(2,3)9-8-23-11-21-7-6-12-4-5-15(19-16(12)21)20-17(22)13-10-14(13)18/h4-7,13-14H,8-11H2,1-3H3,(H,19,20,22)/t13-,14+/m1/s1. The summed E-state index contributed by atoms with van der Waals surface area (Å²) >= 11 is 0. The average Bonchev–Trinajstić information content (AvgIpc) is 3.11. The maximum Gasteiger partial charge on any atom is 0.231 e. The number of halogens is 1. The fraction of sp³-hybridized carbons (Fsp3) is 0.529. The predicted octanol–water partition coefficient (Wildman–Crippen LogP) is 3.65. The topological polar surface area (TPSA) is 56.1 Å². The summed E-state index contributed by atoms with van der Waals surface area (Å²) < 4.78 is 20.6. The molecule has 0 aromatic carbocycles. The summed E-state index contributed by atoms with van der Waals surface area (Å²) in [5, 5.41) is 3.67. The molecule has 24 heavy (non-hydrogen) atoms. The van der Waals surface area contributed by atoms with Crippen LogP contribution in [-0.4, -0.2) is 36.3 Å². The van der Waals surface area contributed by atoms with E-state index in [0.717, 1.165) is 23.7 Å². The van der Waals surface area contributed by atoms with Gasteiger partial charge in [-0.15, -0.1) is 0 Å². The van der Waals surface area contributed by atoms with Crippen LogP contribution in [0.2, 0.25) is 25.7 Å². The number of pyridine rings is 1. The van der Waals surface area contributed by atoms with Gasteiger partial charge in [0.1, 0.15) is 24.4 Å². The molecule has 1 saturated carbocycles. The van der Waals surface area contributed by atoms with Crippen molar-refractivity contribution in [2.24, 2.45) is 5.92 Å². The number of rotatable bonds is 7. The Hall–Kier alpha value is -1.73. The fourth-order valence-corrected chi connectivity index (χ4v) is 3.19. The summed E-state index contributed by atoms with van der Waals surface area (Å²) in [4.78, 5) is 16.3. The van der Waals surface area contributed by atoms with E-state index in [1.807, 2.05) is 22.9 Å². The first-order chi connectivity index (χ1) is 11.3. The fourth-order valence-electron chi connectivity index (χ4n) is 2.43. The molecule has 5 nitrogen and oxygen atoms in total. The molecule has 0 bridgehead atoms. The van der Waals surface area contributed by atoms with Crippen molar-refractivity contribution in [2.75, 3.05) is 11.9 Å². The minimum absolute atomic E-state index is 0.293. The van der Waals surface area contributed by atoms with E-state index >= 15 is 0 Å². The quantitative estimate of drug-likeness (QED) is 0.613. The second-order valence-electron chi connectivity index (χ2n) is 7.59. The van der Waals surface area contributed by atoms with Gasteiger partial charge in [0.2, 0.25) is 5.91 Å². The van der Waals surface area contributed by atoms with Gasteiger partial charge in [-0.1, -0.05) is 19.6 Å². The van der Waals surface area contributed by atoms with Gasteiger partial charge in [-0.2, -0.15) is 0 Å². The highest BCUT2D eigenvalue weighted by Gasteiger charge is 2.43. The number of anilines is 1. The molecule has 130 valence electrons. The van der Waals surface area contributed by atoms with Crippen LogP contribution in [0.3, 0.4) is 0 Å². The molecule has 7 heteroatoms. The number of amides is 1. The number of carbonyl (C=O) groups excluding carboxylic acids is 1. The number of ether oxygens (including phenoxy) is 1. The first-order valence-corrected chi connectivity index (χ1v) is 12.0. The first-order valence-electron chi connectivity index (χ1n) is 8.32. The zero-order chi connectivity index (χ0) is 17.3. The van der Waals surface area contributed by atoms with Gasteiger partial charge in [-0.25, -0.2) is 9.37 Å². The SMILES string of the molecule is C[Si](C)(C)CCOCn1ccc2ccc(NC(=O)[C@@H]3C[C@@H]3F)nc21. The molecule has 0 saturated heterocycles. The van der Waals surface area contributed by atoms with E-state index in [9.17, 15) is 9.18 Å². The lowest BCUT2D eigenvalue weighted by Gasteiger charge is -2.15. The van der Waals surface area contributed by atoms with Crippen LogP contribution in [0.5, 0.6) is 0 Å². The van der Waals surface area contributed by atoms with E-state index in [1.54, 1.807) is 6.07 Å². The third-order valence-corrected chi connectivity index (χ3v) is 5.84. The van der Waals surface area contributed by atoms with Crippen LogP contribution in [0.25, 0.3) is 11.0 Å². The molecule has 1 fully saturated rings. The Morgan fingerprint density at radius 3 is 2.83 bits per heavy atom. The number of carbonyl (C=O) groups is 1. The number of nitrogens with zero attached hydrogens (tertiary/aromatic N) is 2. The lowest BCUT2D eigenvalue weighted by atomic mass is 10.3. The molecule has 1 aliphatic carbocycles. The Kier molecular flexibility index (Phi) is 4.73. The van der Waals surface area contributed by atoms with Crippen molar-refractivity contribution < 1.29 is 13.9 Å². The monoisotopic (exact) mass is 349 g/mol. The largest absolute Gasteiger partial charge is 0.361 e. The molecule has 0 unspecified atom stereocenters. The van der Waals surface area contributed by atoms with Gasteiger partial charge >= 0.3 is 0 Å². The molecular formula is C17H24FN3O2Si. The highest BCUT2D eigenvalue weighted by molar-refractivity contribution is 6.76. The Labute approximate surface area is 142 Å². The van der Waals surface area contributed by atoms with E-state index in [4.69, 9.17) is 4.74 Å².